The van der Waals surface area contributed by atoms with Crippen molar-refractivity contribution in [2.45, 2.75) is 37.9 Å². The standard InChI is InChI=1S/C20H28FN3O3S/c21-19-4-2-1-3-16(19)13-24(17-5-6-17)14-20(25)23-10-8-22(9-11-23)18-7-12-28(26,27)15-18/h1-4,17-18H,5-15H2. The number of halogens is 1. The quantitative estimate of drug-likeness (QED) is 0.705. The van der Waals surface area contributed by atoms with Crippen LogP contribution in [0, 0.1) is 5.82 Å². The summed E-state index contributed by atoms with van der Waals surface area (Å²) in [5, 5.41) is 0. The minimum atomic E-state index is -2.89. The minimum absolute atomic E-state index is 0.0851. The second-order valence-electron chi connectivity index (χ2n) is 8.20. The molecule has 0 radical (unpaired) electrons. The van der Waals surface area contributed by atoms with Crippen LogP contribution in [-0.2, 0) is 21.2 Å². The van der Waals surface area contributed by atoms with E-state index >= 15 is 0 Å². The number of rotatable bonds is 6. The minimum Gasteiger partial charge on any atom is -0.339 e. The predicted octanol–water partition coefficient (Wildman–Crippen LogP) is 1.12. The zero-order chi connectivity index (χ0) is 19.7. The molecule has 6 nitrogen and oxygen atoms in total. The van der Waals surface area contributed by atoms with Crippen LogP contribution < -0.4 is 0 Å². The van der Waals surface area contributed by atoms with Crippen molar-refractivity contribution in [3.63, 3.8) is 0 Å². The molecule has 2 saturated heterocycles. The van der Waals surface area contributed by atoms with Crippen LogP contribution in [0.2, 0.25) is 0 Å². The van der Waals surface area contributed by atoms with Crippen LogP contribution in [0.4, 0.5) is 4.39 Å². The van der Waals surface area contributed by atoms with Gasteiger partial charge < -0.3 is 4.90 Å². The Hall–Kier alpha value is -1.51. The Labute approximate surface area is 166 Å². The molecule has 1 amide bonds. The molecule has 1 aromatic carbocycles. The lowest BCUT2D eigenvalue weighted by molar-refractivity contribution is -0.134. The maximum Gasteiger partial charge on any atom is 0.236 e. The third kappa shape index (κ3) is 4.72. The van der Waals surface area contributed by atoms with Gasteiger partial charge in [0.05, 0.1) is 18.1 Å². The fourth-order valence-electron chi connectivity index (χ4n) is 4.27. The van der Waals surface area contributed by atoms with Crippen LogP contribution in [0.25, 0.3) is 0 Å². The molecule has 3 aliphatic rings. The van der Waals surface area contributed by atoms with Crippen molar-refractivity contribution in [3.8, 4) is 0 Å². The van der Waals surface area contributed by atoms with E-state index in [2.05, 4.69) is 9.80 Å². The van der Waals surface area contributed by atoms with Crippen molar-refractivity contribution in [2.75, 3.05) is 44.2 Å². The first kappa shape index (κ1) is 19.8. The van der Waals surface area contributed by atoms with Crippen LogP contribution in [0.3, 0.4) is 0 Å². The Morgan fingerprint density at radius 1 is 1.11 bits per heavy atom. The van der Waals surface area contributed by atoms with Gasteiger partial charge in [0.2, 0.25) is 5.91 Å². The molecule has 1 aliphatic carbocycles. The molecule has 4 rings (SSSR count). The molecule has 2 aliphatic heterocycles. The van der Waals surface area contributed by atoms with E-state index in [4.69, 9.17) is 0 Å². The summed E-state index contributed by atoms with van der Waals surface area (Å²) in [6, 6.07) is 7.22. The number of hydrogen-bond donors (Lipinski definition) is 0. The molecule has 1 saturated carbocycles. The van der Waals surface area contributed by atoms with E-state index in [1.54, 1.807) is 12.1 Å². The van der Waals surface area contributed by atoms with Gasteiger partial charge in [0.1, 0.15) is 5.82 Å². The molecular weight excluding hydrogens is 381 g/mol. The number of piperazine rings is 1. The molecule has 0 aromatic heterocycles. The summed E-state index contributed by atoms with van der Waals surface area (Å²) in [4.78, 5) is 19.0. The predicted molar refractivity (Wildman–Crippen MR) is 105 cm³/mol. The van der Waals surface area contributed by atoms with E-state index in [-0.39, 0.29) is 29.3 Å². The zero-order valence-corrected chi connectivity index (χ0v) is 16.9. The average Bonchev–Trinajstić information content (AvgIpc) is 3.46. The maximum atomic E-state index is 14.0. The summed E-state index contributed by atoms with van der Waals surface area (Å²) in [6.45, 7) is 3.49. The van der Waals surface area contributed by atoms with Crippen LogP contribution in [0.15, 0.2) is 24.3 Å². The second-order valence-corrected chi connectivity index (χ2v) is 10.4. The summed E-state index contributed by atoms with van der Waals surface area (Å²) >= 11 is 0. The molecule has 0 bridgehead atoms. The number of nitrogens with zero attached hydrogens (tertiary/aromatic N) is 3. The largest absolute Gasteiger partial charge is 0.339 e. The van der Waals surface area contributed by atoms with Crippen molar-refractivity contribution in [2.24, 2.45) is 0 Å². The topological polar surface area (TPSA) is 60.9 Å². The van der Waals surface area contributed by atoms with Crippen LogP contribution in [0.5, 0.6) is 0 Å². The van der Waals surface area contributed by atoms with Gasteiger partial charge in [0, 0.05) is 50.4 Å². The maximum absolute atomic E-state index is 14.0. The molecule has 0 spiro atoms. The second kappa shape index (κ2) is 8.08. The first-order chi connectivity index (χ1) is 13.4. The van der Waals surface area contributed by atoms with Crippen LogP contribution in [0.1, 0.15) is 24.8 Å². The molecule has 3 fully saturated rings. The molecular formula is C20H28FN3O3S. The highest BCUT2D eigenvalue weighted by Crippen LogP contribution is 2.29. The van der Waals surface area contributed by atoms with Crippen LogP contribution >= 0.6 is 0 Å². The lowest BCUT2D eigenvalue weighted by atomic mass is 10.2. The van der Waals surface area contributed by atoms with Gasteiger partial charge in [-0.15, -0.1) is 0 Å². The molecule has 154 valence electrons. The third-order valence-corrected chi connectivity index (χ3v) is 7.88. The fourth-order valence-corrected chi connectivity index (χ4v) is 6.03. The Balaban J connectivity index is 1.30. The lowest BCUT2D eigenvalue weighted by Crippen LogP contribution is -2.54. The van der Waals surface area contributed by atoms with E-state index in [0.717, 1.165) is 25.9 Å². The number of amides is 1. The van der Waals surface area contributed by atoms with Crippen molar-refractivity contribution in [1.82, 2.24) is 14.7 Å². The molecule has 1 atom stereocenters. The van der Waals surface area contributed by atoms with Gasteiger partial charge in [-0.3, -0.25) is 14.6 Å². The molecule has 8 heteroatoms. The number of sulfone groups is 1. The van der Waals surface area contributed by atoms with E-state index in [9.17, 15) is 17.6 Å². The number of benzene rings is 1. The average molecular weight is 410 g/mol. The Bertz CT molecular complexity index is 820. The van der Waals surface area contributed by atoms with Crippen molar-refractivity contribution in [3.05, 3.63) is 35.6 Å². The summed E-state index contributed by atoms with van der Waals surface area (Å²) in [7, 11) is -2.89. The Morgan fingerprint density at radius 3 is 2.43 bits per heavy atom. The fraction of sp³-hybridized carbons (Fsp3) is 0.650. The summed E-state index contributed by atoms with van der Waals surface area (Å²) in [5.41, 5.74) is 0.634. The number of carbonyl (C=O) groups is 1. The molecule has 2 heterocycles. The first-order valence-corrected chi connectivity index (χ1v) is 11.9. The summed E-state index contributed by atoms with van der Waals surface area (Å²) in [5.74, 6) is 0.394. The lowest BCUT2D eigenvalue weighted by Gasteiger charge is -2.38. The first-order valence-electron chi connectivity index (χ1n) is 10.1. The summed E-state index contributed by atoms with van der Waals surface area (Å²) < 4.78 is 37.4. The van der Waals surface area contributed by atoms with Gasteiger partial charge in [-0.25, -0.2) is 12.8 Å². The van der Waals surface area contributed by atoms with E-state index in [1.807, 2.05) is 11.0 Å². The number of hydrogen-bond acceptors (Lipinski definition) is 5. The molecule has 28 heavy (non-hydrogen) atoms. The monoisotopic (exact) mass is 409 g/mol. The van der Waals surface area contributed by atoms with Gasteiger partial charge >= 0.3 is 0 Å². The van der Waals surface area contributed by atoms with Crippen molar-refractivity contribution in [1.29, 1.82) is 0 Å². The third-order valence-electron chi connectivity index (χ3n) is 6.12. The van der Waals surface area contributed by atoms with E-state index < -0.39 is 9.84 Å². The normalized spacial score (nSPS) is 25.4. The van der Waals surface area contributed by atoms with Crippen molar-refractivity contribution >= 4 is 15.7 Å². The van der Waals surface area contributed by atoms with Crippen LogP contribution in [-0.4, -0.2) is 85.3 Å². The van der Waals surface area contributed by atoms with Gasteiger partial charge in [0.25, 0.3) is 0 Å². The molecule has 1 aromatic rings. The Morgan fingerprint density at radius 2 is 1.82 bits per heavy atom. The SMILES string of the molecule is O=C(CN(Cc1ccccc1F)C1CC1)N1CCN(C2CCS(=O)(=O)C2)CC1. The Kier molecular flexibility index (Phi) is 5.71. The highest BCUT2D eigenvalue weighted by molar-refractivity contribution is 7.91. The zero-order valence-electron chi connectivity index (χ0n) is 16.1. The summed E-state index contributed by atoms with van der Waals surface area (Å²) in [6.07, 6.45) is 2.83. The van der Waals surface area contributed by atoms with E-state index in [1.165, 1.54) is 6.07 Å². The van der Waals surface area contributed by atoms with E-state index in [0.29, 0.717) is 44.2 Å². The molecule has 1 unspecified atom stereocenters. The van der Waals surface area contributed by atoms with Gasteiger partial charge in [-0.1, -0.05) is 18.2 Å². The molecule has 0 N–H and O–H groups in total. The van der Waals surface area contributed by atoms with Crippen molar-refractivity contribution < 1.29 is 17.6 Å². The van der Waals surface area contributed by atoms with Gasteiger partial charge in [0.15, 0.2) is 9.84 Å². The smallest absolute Gasteiger partial charge is 0.236 e. The van der Waals surface area contributed by atoms with Gasteiger partial charge in [-0.2, -0.15) is 0 Å². The highest BCUT2D eigenvalue weighted by Gasteiger charge is 2.36. The number of carbonyl (C=O) groups excluding carboxylic acids is 1. The highest BCUT2D eigenvalue weighted by atomic mass is 32.2. The van der Waals surface area contributed by atoms with Gasteiger partial charge in [-0.05, 0) is 25.3 Å².